The van der Waals surface area contributed by atoms with Crippen LogP contribution in [0, 0.1) is 12.7 Å². The number of aromatic nitrogens is 2. The maximum Gasteiger partial charge on any atom is 0.255 e. The van der Waals surface area contributed by atoms with Crippen molar-refractivity contribution in [2.45, 2.75) is 25.2 Å². The number of anilines is 3. The van der Waals surface area contributed by atoms with Crippen LogP contribution in [-0.2, 0) is 10.2 Å². The van der Waals surface area contributed by atoms with Crippen LogP contribution in [-0.4, -0.2) is 28.8 Å². The number of halogens is 1. The van der Waals surface area contributed by atoms with Crippen LogP contribution in [0.3, 0.4) is 0 Å². The lowest BCUT2D eigenvalue weighted by Crippen LogP contribution is -2.29. The lowest BCUT2D eigenvalue weighted by atomic mass is 10.00. The number of amides is 2. The molecule has 0 spiro atoms. The molecule has 2 amide bonds. The predicted octanol–water partition coefficient (Wildman–Crippen LogP) is 3.89. The molecule has 158 valence electrons. The molecule has 1 aliphatic rings. The van der Waals surface area contributed by atoms with Gasteiger partial charge in [0.25, 0.3) is 5.91 Å². The molecule has 1 fully saturated rings. The predicted molar refractivity (Wildman–Crippen MR) is 117 cm³/mol. The lowest BCUT2D eigenvalue weighted by molar-refractivity contribution is -0.118. The topological polar surface area (TPSA) is 96.0 Å². The van der Waals surface area contributed by atoms with Gasteiger partial charge in [-0.25, -0.2) is 14.4 Å². The molecular formula is C23H22FN5O2. The molecule has 1 aliphatic carbocycles. The molecule has 2 aromatic carbocycles. The van der Waals surface area contributed by atoms with Crippen LogP contribution >= 0.6 is 0 Å². The first-order chi connectivity index (χ1) is 14.9. The van der Waals surface area contributed by atoms with Crippen molar-refractivity contribution < 1.29 is 14.0 Å². The van der Waals surface area contributed by atoms with E-state index in [-0.39, 0.29) is 5.91 Å². The van der Waals surface area contributed by atoms with Gasteiger partial charge in [-0.15, -0.1) is 0 Å². The van der Waals surface area contributed by atoms with Gasteiger partial charge in [-0.3, -0.25) is 9.59 Å². The Morgan fingerprint density at radius 2 is 1.84 bits per heavy atom. The van der Waals surface area contributed by atoms with Crippen molar-refractivity contribution in [3.8, 4) is 0 Å². The number of nitrogens with one attached hydrogen (secondary N) is 3. The number of nitrogens with zero attached hydrogens (tertiary/aromatic N) is 2. The van der Waals surface area contributed by atoms with Crippen molar-refractivity contribution in [2.75, 3.05) is 23.0 Å². The van der Waals surface area contributed by atoms with Crippen molar-refractivity contribution in [3.05, 3.63) is 77.5 Å². The number of rotatable bonds is 6. The Hall–Kier alpha value is -3.81. The molecule has 0 bridgehead atoms. The molecular weight excluding hydrogens is 397 g/mol. The summed E-state index contributed by atoms with van der Waals surface area (Å²) in [5.41, 5.74) is 2.06. The average molecular weight is 419 g/mol. The maximum atomic E-state index is 13.4. The highest BCUT2D eigenvalue weighted by Gasteiger charge is 2.53. The van der Waals surface area contributed by atoms with Gasteiger partial charge in [0.1, 0.15) is 18.0 Å². The van der Waals surface area contributed by atoms with E-state index in [2.05, 4.69) is 25.9 Å². The van der Waals surface area contributed by atoms with Gasteiger partial charge in [0.2, 0.25) is 5.91 Å². The monoisotopic (exact) mass is 419 g/mol. The van der Waals surface area contributed by atoms with Gasteiger partial charge in [0, 0.05) is 30.1 Å². The molecule has 1 saturated carbocycles. The van der Waals surface area contributed by atoms with Gasteiger partial charge in [0.05, 0.1) is 11.1 Å². The fourth-order valence-electron chi connectivity index (χ4n) is 3.39. The molecule has 1 heterocycles. The molecule has 31 heavy (non-hydrogen) atoms. The second kappa shape index (κ2) is 8.14. The Kier molecular flexibility index (Phi) is 5.37. The molecule has 8 heteroatoms. The summed E-state index contributed by atoms with van der Waals surface area (Å²) in [5, 5.41) is 8.58. The summed E-state index contributed by atoms with van der Waals surface area (Å²) in [6, 6.07) is 12.5. The Bertz CT molecular complexity index is 1160. The van der Waals surface area contributed by atoms with Crippen LogP contribution in [0.5, 0.6) is 0 Å². The lowest BCUT2D eigenvalue weighted by Gasteiger charge is -2.17. The summed E-state index contributed by atoms with van der Waals surface area (Å²) in [6.07, 6.45) is 2.83. The largest absolute Gasteiger partial charge is 0.373 e. The summed E-state index contributed by atoms with van der Waals surface area (Å²) < 4.78 is 13.4. The van der Waals surface area contributed by atoms with Crippen molar-refractivity contribution >= 4 is 29.0 Å². The van der Waals surface area contributed by atoms with Crippen LogP contribution in [0.25, 0.3) is 0 Å². The zero-order valence-electron chi connectivity index (χ0n) is 17.2. The van der Waals surface area contributed by atoms with Gasteiger partial charge in [-0.05, 0) is 55.7 Å². The van der Waals surface area contributed by atoms with Crippen molar-refractivity contribution in [3.63, 3.8) is 0 Å². The molecule has 0 saturated heterocycles. The van der Waals surface area contributed by atoms with Crippen LogP contribution in [0.4, 0.5) is 21.6 Å². The fraction of sp³-hybridized carbons (Fsp3) is 0.217. The fourth-order valence-corrected chi connectivity index (χ4v) is 3.39. The van der Waals surface area contributed by atoms with Crippen LogP contribution < -0.4 is 16.0 Å². The molecule has 0 aliphatic heterocycles. The molecule has 3 N–H and O–H groups in total. The average Bonchev–Trinajstić information content (AvgIpc) is 3.57. The number of aryl methyl sites for hydroxylation is 1. The van der Waals surface area contributed by atoms with Gasteiger partial charge in [-0.1, -0.05) is 12.1 Å². The van der Waals surface area contributed by atoms with Crippen LogP contribution in [0.1, 0.15) is 34.5 Å². The summed E-state index contributed by atoms with van der Waals surface area (Å²) >= 11 is 0. The second-order valence-corrected chi connectivity index (χ2v) is 7.57. The third kappa shape index (κ3) is 4.23. The summed E-state index contributed by atoms with van der Waals surface area (Å²) in [6.45, 7) is 1.85. The summed E-state index contributed by atoms with van der Waals surface area (Å²) in [4.78, 5) is 34.1. The number of carbonyl (C=O) groups excluding carboxylic acids is 2. The molecule has 0 radical (unpaired) electrons. The third-order valence-electron chi connectivity index (χ3n) is 5.43. The minimum absolute atomic E-state index is 0.168. The zero-order chi connectivity index (χ0) is 22.0. The highest BCUT2D eigenvalue weighted by atomic mass is 19.1. The number of hydrogen-bond acceptors (Lipinski definition) is 5. The summed E-state index contributed by atoms with van der Waals surface area (Å²) in [7, 11) is 1.76. The Balaban J connectivity index is 1.53. The number of hydrogen-bond donors (Lipinski definition) is 3. The van der Waals surface area contributed by atoms with E-state index in [1.807, 2.05) is 6.92 Å². The molecule has 1 aromatic heterocycles. The third-order valence-corrected chi connectivity index (χ3v) is 5.43. The quantitative estimate of drug-likeness (QED) is 0.563. The molecule has 0 atom stereocenters. The molecule has 0 unspecified atom stereocenters. The van der Waals surface area contributed by atoms with Gasteiger partial charge in [0.15, 0.2) is 0 Å². The second-order valence-electron chi connectivity index (χ2n) is 7.57. The van der Waals surface area contributed by atoms with E-state index < -0.39 is 17.1 Å². The molecule has 7 nitrogen and oxygen atoms in total. The van der Waals surface area contributed by atoms with E-state index in [1.165, 1.54) is 24.5 Å². The van der Waals surface area contributed by atoms with Crippen molar-refractivity contribution in [1.29, 1.82) is 0 Å². The SMILES string of the molecule is CNc1cc(C2(C(=O)Nc3cc(C(=O)Nc4cccc(F)c4)ccc3C)CC2)ncn1. The first-order valence-electron chi connectivity index (χ1n) is 9.90. The van der Waals surface area contributed by atoms with Gasteiger partial charge in [-0.2, -0.15) is 0 Å². The van der Waals surface area contributed by atoms with Gasteiger partial charge >= 0.3 is 0 Å². The van der Waals surface area contributed by atoms with E-state index in [0.717, 1.165) is 5.56 Å². The molecule has 4 rings (SSSR count). The standard InChI is InChI=1S/C23H22FN5O2/c1-14-6-7-15(21(30)28-17-5-3-4-16(24)11-17)10-18(14)29-22(31)23(8-9-23)19-12-20(25-2)27-13-26-19/h3-7,10-13H,8-9H2,1-2H3,(H,28,30)(H,29,31)(H,25,26,27). The smallest absolute Gasteiger partial charge is 0.255 e. The van der Waals surface area contributed by atoms with Crippen LogP contribution in [0.15, 0.2) is 54.9 Å². The van der Waals surface area contributed by atoms with Crippen LogP contribution in [0.2, 0.25) is 0 Å². The maximum absolute atomic E-state index is 13.4. The highest BCUT2D eigenvalue weighted by molar-refractivity contribution is 6.06. The van der Waals surface area contributed by atoms with Gasteiger partial charge < -0.3 is 16.0 Å². The normalized spacial score (nSPS) is 13.9. The minimum Gasteiger partial charge on any atom is -0.373 e. The Morgan fingerprint density at radius 1 is 1.03 bits per heavy atom. The van der Waals surface area contributed by atoms with E-state index >= 15 is 0 Å². The number of carbonyl (C=O) groups is 2. The first kappa shape index (κ1) is 20.5. The number of benzene rings is 2. The summed E-state index contributed by atoms with van der Waals surface area (Å²) in [5.74, 6) is -0.345. The van der Waals surface area contributed by atoms with E-state index in [1.54, 1.807) is 37.4 Å². The van der Waals surface area contributed by atoms with E-state index in [9.17, 15) is 14.0 Å². The zero-order valence-corrected chi connectivity index (χ0v) is 17.2. The van der Waals surface area contributed by atoms with Crippen molar-refractivity contribution in [2.24, 2.45) is 0 Å². The van der Waals surface area contributed by atoms with E-state index in [0.29, 0.717) is 41.3 Å². The van der Waals surface area contributed by atoms with E-state index in [4.69, 9.17) is 0 Å². The first-order valence-corrected chi connectivity index (χ1v) is 9.90. The Labute approximate surface area is 179 Å². The Morgan fingerprint density at radius 3 is 2.55 bits per heavy atom. The minimum atomic E-state index is -0.694. The van der Waals surface area contributed by atoms with Crippen molar-refractivity contribution in [1.82, 2.24) is 9.97 Å². The highest BCUT2D eigenvalue weighted by Crippen LogP contribution is 2.48. The molecule has 3 aromatic rings.